The van der Waals surface area contributed by atoms with Crippen LogP contribution in [0, 0.1) is 6.92 Å². The van der Waals surface area contributed by atoms with E-state index in [-0.39, 0.29) is 11.6 Å². The highest BCUT2D eigenvalue weighted by Gasteiger charge is 2.23. The predicted octanol–water partition coefficient (Wildman–Crippen LogP) is 2.55. The van der Waals surface area contributed by atoms with Gasteiger partial charge in [-0.15, -0.1) is 0 Å². The smallest absolute Gasteiger partial charge is 0.121 e. The summed E-state index contributed by atoms with van der Waals surface area (Å²) in [4.78, 5) is 0. The van der Waals surface area contributed by atoms with Gasteiger partial charge >= 0.3 is 0 Å². The van der Waals surface area contributed by atoms with Crippen LogP contribution in [-0.2, 0) is 19.4 Å². The Labute approximate surface area is 139 Å². The number of aliphatic hydroxyl groups is 1. The monoisotopic (exact) mass is 315 g/mol. The number of rotatable bonds is 4. The van der Waals surface area contributed by atoms with Crippen molar-refractivity contribution in [1.29, 1.82) is 0 Å². The number of aryl methyl sites for hydroxylation is 2. The summed E-state index contributed by atoms with van der Waals surface area (Å²) in [6.45, 7) is 10.2. The van der Waals surface area contributed by atoms with Gasteiger partial charge in [0, 0.05) is 16.6 Å². The second-order valence-corrected chi connectivity index (χ2v) is 8.22. The molecule has 0 unspecified atom stereocenters. The van der Waals surface area contributed by atoms with Crippen molar-refractivity contribution in [2.75, 3.05) is 6.54 Å². The zero-order valence-electron chi connectivity index (χ0n) is 15.0. The Morgan fingerprint density at radius 2 is 1.96 bits per heavy atom. The van der Waals surface area contributed by atoms with Crippen molar-refractivity contribution in [3.63, 3.8) is 0 Å². The number of hydrogen-bond acceptors (Lipinski definition) is 1. The lowest BCUT2D eigenvalue weighted by Crippen LogP contribution is -2.96. The van der Waals surface area contributed by atoms with Gasteiger partial charge in [-0.3, -0.25) is 0 Å². The fraction of sp³-hybridized carbons (Fsp3) is 0.600. The van der Waals surface area contributed by atoms with Crippen LogP contribution in [0.4, 0.5) is 0 Å². The topological polar surface area (TPSA) is 41.8 Å². The lowest BCUT2D eigenvalue weighted by atomic mass is 9.95. The van der Waals surface area contributed by atoms with Gasteiger partial charge in [0.25, 0.3) is 0 Å². The van der Waals surface area contributed by atoms with Crippen LogP contribution in [-0.4, -0.2) is 27.9 Å². The number of aromatic nitrogens is 1. The van der Waals surface area contributed by atoms with E-state index in [1.807, 2.05) is 0 Å². The summed E-state index contributed by atoms with van der Waals surface area (Å²) in [5.74, 6) is 0. The van der Waals surface area contributed by atoms with Crippen LogP contribution in [0.25, 0.3) is 10.9 Å². The molecule has 0 radical (unpaired) electrons. The van der Waals surface area contributed by atoms with Gasteiger partial charge in [0.05, 0.1) is 12.1 Å². The average molecular weight is 315 g/mol. The summed E-state index contributed by atoms with van der Waals surface area (Å²) in [6.07, 6.45) is 4.59. The third-order valence-electron chi connectivity index (χ3n) is 4.93. The fourth-order valence-electron chi connectivity index (χ4n) is 3.73. The van der Waals surface area contributed by atoms with Gasteiger partial charge in [-0.25, -0.2) is 0 Å². The first-order chi connectivity index (χ1) is 10.8. The Balaban J connectivity index is 1.91. The molecule has 3 heteroatoms. The first-order valence-electron chi connectivity index (χ1n) is 8.98. The van der Waals surface area contributed by atoms with Crippen LogP contribution in [0.3, 0.4) is 0 Å². The quantitative estimate of drug-likeness (QED) is 0.894. The number of quaternary nitrogens is 1. The normalized spacial score (nSPS) is 16.6. The van der Waals surface area contributed by atoms with Crippen LogP contribution in [0.15, 0.2) is 18.2 Å². The minimum Gasteiger partial charge on any atom is -0.385 e. The van der Waals surface area contributed by atoms with E-state index in [1.54, 1.807) is 0 Å². The maximum Gasteiger partial charge on any atom is 0.121 e. The van der Waals surface area contributed by atoms with E-state index in [0.717, 1.165) is 13.0 Å². The third-order valence-corrected chi connectivity index (χ3v) is 4.93. The molecular weight excluding hydrogens is 284 g/mol. The fourth-order valence-corrected chi connectivity index (χ4v) is 3.73. The molecule has 2 aromatic rings. The zero-order chi connectivity index (χ0) is 16.6. The highest BCUT2D eigenvalue weighted by molar-refractivity contribution is 5.86. The molecule has 23 heavy (non-hydrogen) atoms. The first kappa shape index (κ1) is 16.5. The Morgan fingerprint density at radius 3 is 2.70 bits per heavy atom. The van der Waals surface area contributed by atoms with Gasteiger partial charge in [0.1, 0.15) is 12.6 Å². The molecule has 1 heterocycles. The number of nitrogens with two attached hydrogens (primary N) is 1. The molecule has 0 fully saturated rings. The number of nitrogens with zero attached hydrogens (tertiary/aromatic N) is 1. The van der Waals surface area contributed by atoms with Crippen LogP contribution in [0.5, 0.6) is 0 Å². The van der Waals surface area contributed by atoms with Gasteiger partial charge in [-0.2, -0.15) is 0 Å². The molecule has 0 bridgehead atoms. The molecule has 126 valence electrons. The molecule has 0 aliphatic heterocycles. The maximum atomic E-state index is 10.5. The number of aliphatic hydroxyl groups excluding tert-OH is 1. The minimum atomic E-state index is -0.308. The molecule has 1 aromatic heterocycles. The Bertz CT molecular complexity index is 694. The summed E-state index contributed by atoms with van der Waals surface area (Å²) in [6, 6.07) is 6.75. The summed E-state index contributed by atoms with van der Waals surface area (Å²) in [5.41, 5.74) is 5.78. The van der Waals surface area contributed by atoms with Gasteiger partial charge < -0.3 is 15.0 Å². The summed E-state index contributed by atoms with van der Waals surface area (Å²) in [7, 11) is 0. The van der Waals surface area contributed by atoms with Crippen molar-refractivity contribution in [3.05, 3.63) is 35.0 Å². The summed E-state index contributed by atoms with van der Waals surface area (Å²) >= 11 is 0. The Hall–Kier alpha value is -1.32. The lowest BCUT2D eigenvalue weighted by Gasteiger charge is -2.21. The largest absolute Gasteiger partial charge is 0.385 e. The van der Waals surface area contributed by atoms with Crippen molar-refractivity contribution in [3.8, 4) is 0 Å². The van der Waals surface area contributed by atoms with E-state index in [4.69, 9.17) is 0 Å². The summed E-state index contributed by atoms with van der Waals surface area (Å²) < 4.78 is 2.39. The van der Waals surface area contributed by atoms with E-state index in [1.165, 1.54) is 47.0 Å². The van der Waals surface area contributed by atoms with Gasteiger partial charge in [-0.05, 0) is 71.1 Å². The van der Waals surface area contributed by atoms with Gasteiger partial charge in [0.2, 0.25) is 0 Å². The molecule has 1 aromatic carbocycles. The van der Waals surface area contributed by atoms with Crippen LogP contribution >= 0.6 is 0 Å². The van der Waals surface area contributed by atoms with Crippen molar-refractivity contribution < 1.29 is 10.4 Å². The third kappa shape index (κ3) is 3.61. The standard InChI is InChI=1S/C20H30N2O/c1-14-9-10-19-17(11-14)16-7-5-6-8-18(16)22(19)13-15(23)12-21-20(2,3)4/h9-11,15,21,23H,5-8,12-13H2,1-4H3/p+1/t15-/m1/s1. The van der Waals surface area contributed by atoms with Crippen LogP contribution in [0.2, 0.25) is 0 Å². The van der Waals surface area contributed by atoms with Crippen LogP contribution < -0.4 is 5.32 Å². The zero-order valence-corrected chi connectivity index (χ0v) is 15.0. The first-order valence-corrected chi connectivity index (χ1v) is 8.98. The highest BCUT2D eigenvalue weighted by atomic mass is 16.3. The SMILES string of the molecule is Cc1ccc2c(c1)c1c(n2C[C@H](O)C[NH2+]C(C)(C)C)CCCC1. The second-order valence-electron chi connectivity index (χ2n) is 8.22. The predicted molar refractivity (Wildman–Crippen MR) is 95.9 cm³/mol. The highest BCUT2D eigenvalue weighted by Crippen LogP contribution is 2.32. The van der Waals surface area contributed by atoms with Gasteiger partial charge in [0.15, 0.2) is 0 Å². The average Bonchev–Trinajstić information content (AvgIpc) is 2.79. The number of hydrogen-bond donors (Lipinski definition) is 2. The van der Waals surface area contributed by atoms with Crippen LogP contribution in [0.1, 0.15) is 50.4 Å². The molecule has 0 saturated carbocycles. The molecule has 0 saturated heterocycles. The molecular formula is C20H31N2O+. The van der Waals surface area contributed by atoms with E-state index < -0.39 is 0 Å². The molecule has 0 spiro atoms. The molecule has 3 nitrogen and oxygen atoms in total. The second kappa shape index (κ2) is 6.29. The maximum absolute atomic E-state index is 10.5. The number of fused-ring (bicyclic) bond motifs is 3. The van der Waals surface area contributed by atoms with E-state index >= 15 is 0 Å². The molecule has 3 rings (SSSR count). The Kier molecular flexibility index (Phi) is 4.52. The molecule has 3 N–H and O–H groups in total. The van der Waals surface area contributed by atoms with Crippen molar-refractivity contribution in [2.45, 2.75) is 71.6 Å². The minimum absolute atomic E-state index is 0.163. The summed E-state index contributed by atoms with van der Waals surface area (Å²) in [5, 5.41) is 14.2. The van der Waals surface area contributed by atoms with Crippen molar-refractivity contribution in [2.24, 2.45) is 0 Å². The lowest BCUT2D eigenvalue weighted by molar-refractivity contribution is -0.722. The Morgan fingerprint density at radius 1 is 1.22 bits per heavy atom. The van der Waals surface area contributed by atoms with E-state index in [9.17, 15) is 5.11 Å². The van der Waals surface area contributed by atoms with E-state index in [0.29, 0.717) is 6.54 Å². The van der Waals surface area contributed by atoms with Crippen molar-refractivity contribution in [1.82, 2.24) is 4.57 Å². The number of benzene rings is 1. The molecule has 0 amide bonds. The molecule has 1 aliphatic rings. The van der Waals surface area contributed by atoms with Gasteiger partial charge in [-0.1, -0.05) is 11.6 Å². The van der Waals surface area contributed by atoms with E-state index in [2.05, 4.69) is 55.8 Å². The molecule has 1 atom stereocenters. The van der Waals surface area contributed by atoms with Crippen molar-refractivity contribution >= 4 is 10.9 Å². The molecule has 1 aliphatic carbocycles.